The largest absolute Gasteiger partial charge is 0.481 e. The van der Waals surface area contributed by atoms with E-state index in [9.17, 15) is 9.59 Å². The van der Waals surface area contributed by atoms with Crippen molar-refractivity contribution in [2.24, 2.45) is 5.92 Å². The molecule has 1 atom stereocenters. The smallest absolute Gasteiger partial charge is 0.311 e. The standard InChI is InChI=1S/C13H19NO4/c1-4-8(2)6-14-13(17)12-9(3)7-18-10(12)5-11(15)16/h7-8H,4-6H2,1-3H3,(H,14,17)(H,15,16). The third-order valence-corrected chi connectivity index (χ3v) is 2.90. The van der Waals surface area contributed by atoms with E-state index in [1.54, 1.807) is 6.92 Å². The number of carbonyl (C=O) groups is 2. The monoisotopic (exact) mass is 253 g/mol. The Hall–Kier alpha value is -1.78. The van der Waals surface area contributed by atoms with Gasteiger partial charge in [0.1, 0.15) is 12.2 Å². The first-order valence-electron chi connectivity index (χ1n) is 6.02. The van der Waals surface area contributed by atoms with Crippen molar-refractivity contribution in [2.75, 3.05) is 6.54 Å². The maximum absolute atomic E-state index is 12.0. The summed E-state index contributed by atoms with van der Waals surface area (Å²) in [5, 5.41) is 11.5. The molecule has 0 radical (unpaired) electrons. The van der Waals surface area contributed by atoms with Crippen molar-refractivity contribution in [3.8, 4) is 0 Å². The van der Waals surface area contributed by atoms with Gasteiger partial charge >= 0.3 is 5.97 Å². The normalized spacial score (nSPS) is 12.2. The van der Waals surface area contributed by atoms with Crippen LogP contribution in [-0.2, 0) is 11.2 Å². The Balaban J connectivity index is 2.78. The predicted octanol–water partition coefficient (Wildman–Crippen LogP) is 1.99. The Labute approximate surface area is 106 Å². The molecule has 0 spiro atoms. The van der Waals surface area contributed by atoms with Crippen molar-refractivity contribution in [3.63, 3.8) is 0 Å². The van der Waals surface area contributed by atoms with Crippen LogP contribution in [0.4, 0.5) is 0 Å². The first-order chi connectivity index (χ1) is 8.45. The van der Waals surface area contributed by atoms with E-state index in [1.165, 1.54) is 6.26 Å². The Morgan fingerprint density at radius 1 is 1.50 bits per heavy atom. The average molecular weight is 253 g/mol. The van der Waals surface area contributed by atoms with Gasteiger partial charge in [0.05, 0.1) is 11.8 Å². The number of nitrogens with one attached hydrogen (secondary N) is 1. The van der Waals surface area contributed by atoms with Gasteiger partial charge in [-0.25, -0.2) is 0 Å². The summed E-state index contributed by atoms with van der Waals surface area (Å²) in [7, 11) is 0. The van der Waals surface area contributed by atoms with Crippen molar-refractivity contribution in [1.82, 2.24) is 5.32 Å². The minimum atomic E-state index is -1.01. The van der Waals surface area contributed by atoms with Gasteiger partial charge in [-0.15, -0.1) is 0 Å². The lowest BCUT2D eigenvalue weighted by Gasteiger charge is -2.10. The Morgan fingerprint density at radius 3 is 2.72 bits per heavy atom. The van der Waals surface area contributed by atoms with Crippen LogP contribution in [0.15, 0.2) is 10.7 Å². The van der Waals surface area contributed by atoms with Gasteiger partial charge in [0.25, 0.3) is 5.91 Å². The van der Waals surface area contributed by atoms with Crippen LogP contribution < -0.4 is 5.32 Å². The molecule has 0 bridgehead atoms. The van der Waals surface area contributed by atoms with Gasteiger partial charge in [-0.05, 0) is 12.8 Å². The summed E-state index contributed by atoms with van der Waals surface area (Å²) in [6.45, 7) is 6.40. The highest BCUT2D eigenvalue weighted by Crippen LogP contribution is 2.17. The van der Waals surface area contributed by atoms with Crippen LogP contribution in [0.5, 0.6) is 0 Å². The second-order valence-electron chi connectivity index (χ2n) is 4.51. The highest BCUT2D eigenvalue weighted by Gasteiger charge is 2.20. The molecule has 18 heavy (non-hydrogen) atoms. The third-order valence-electron chi connectivity index (χ3n) is 2.90. The summed E-state index contributed by atoms with van der Waals surface area (Å²) in [6, 6.07) is 0. The number of aryl methyl sites for hydroxylation is 1. The molecule has 0 saturated heterocycles. The first kappa shape index (κ1) is 14.3. The van der Waals surface area contributed by atoms with Crippen LogP contribution in [0, 0.1) is 12.8 Å². The van der Waals surface area contributed by atoms with Crippen LogP contribution in [0.1, 0.15) is 41.9 Å². The van der Waals surface area contributed by atoms with Gasteiger partial charge in [-0.2, -0.15) is 0 Å². The molecular formula is C13H19NO4. The van der Waals surface area contributed by atoms with Crippen LogP contribution in [0.2, 0.25) is 0 Å². The fraction of sp³-hybridized carbons (Fsp3) is 0.538. The van der Waals surface area contributed by atoms with Crippen molar-refractivity contribution in [3.05, 3.63) is 23.2 Å². The molecule has 1 aromatic rings. The van der Waals surface area contributed by atoms with Gasteiger partial charge in [-0.1, -0.05) is 20.3 Å². The first-order valence-corrected chi connectivity index (χ1v) is 6.02. The number of aliphatic carboxylic acids is 1. The summed E-state index contributed by atoms with van der Waals surface area (Å²) in [6.07, 6.45) is 2.11. The van der Waals surface area contributed by atoms with Crippen molar-refractivity contribution < 1.29 is 19.1 Å². The summed E-state index contributed by atoms with van der Waals surface area (Å²) in [4.78, 5) is 22.7. The van der Waals surface area contributed by atoms with E-state index in [0.717, 1.165) is 6.42 Å². The van der Waals surface area contributed by atoms with E-state index in [4.69, 9.17) is 9.52 Å². The zero-order valence-electron chi connectivity index (χ0n) is 10.9. The molecule has 5 nitrogen and oxygen atoms in total. The lowest BCUT2D eigenvalue weighted by atomic mass is 10.1. The van der Waals surface area contributed by atoms with Gasteiger partial charge < -0.3 is 14.8 Å². The molecule has 1 unspecified atom stereocenters. The molecule has 0 aliphatic rings. The van der Waals surface area contributed by atoms with E-state index < -0.39 is 5.97 Å². The van der Waals surface area contributed by atoms with E-state index in [-0.39, 0.29) is 18.1 Å². The second kappa shape index (κ2) is 6.23. The Morgan fingerprint density at radius 2 is 2.17 bits per heavy atom. The van der Waals surface area contributed by atoms with Gasteiger partial charge in [-0.3, -0.25) is 9.59 Å². The highest BCUT2D eigenvalue weighted by molar-refractivity contribution is 5.97. The number of carbonyl (C=O) groups excluding carboxylic acids is 1. The molecule has 1 aromatic heterocycles. The number of carboxylic acid groups (broad SMARTS) is 1. The van der Waals surface area contributed by atoms with Gasteiger partial charge in [0.2, 0.25) is 0 Å². The van der Waals surface area contributed by atoms with E-state index in [1.807, 2.05) is 6.92 Å². The lowest BCUT2D eigenvalue weighted by molar-refractivity contribution is -0.136. The fourth-order valence-corrected chi connectivity index (χ4v) is 1.57. The highest BCUT2D eigenvalue weighted by atomic mass is 16.4. The van der Waals surface area contributed by atoms with Crippen LogP contribution in [0.3, 0.4) is 0 Å². The number of hydrogen-bond acceptors (Lipinski definition) is 3. The summed E-state index contributed by atoms with van der Waals surface area (Å²) >= 11 is 0. The minimum Gasteiger partial charge on any atom is -0.481 e. The number of amides is 1. The van der Waals surface area contributed by atoms with E-state index in [2.05, 4.69) is 12.2 Å². The molecule has 0 fully saturated rings. The maximum atomic E-state index is 12.0. The molecule has 1 amide bonds. The number of rotatable bonds is 6. The molecule has 0 saturated carbocycles. The van der Waals surface area contributed by atoms with Crippen molar-refractivity contribution in [1.29, 1.82) is 0 Å². The summed E-state index contributed by atoms with van der Waals surface area (Å²) in [5.41, 5.74) is 1.01. The molecule has 2 N–H and O–H groups in total. The van der Waals surface area contributed by atoms with Crippen LogP contribution in [0.25, 0.3) is 0 Å². The molecule has 0 aliphatic heterocycles. The lowest BCUT2D eigenvalue weighted by Crippen LogP contribution is -2.29. The quantitative estimate of drug-likeness (QED) is 0.812. The fourth-order valence-electron chi connectivity index (χ4n) is 1.57. The molecule has 1 heterocycles. The molecule has 0 aromatic carbocycles. The minimum absolute atomic E-state index is 0.210. The average Bonchev–Trinajstić information content (AvgIpc) is 2.66. The molecule has 0 aliphatic carbocycles. The molecule has 100 valence electrons. The Kier molecular flexibility index (Phi) is 4.95. The predicted molar refractivity (Wildman–Crippen MR) is 66.6 cm³/mol. The SMILES string of the molecule is CCC(C)CNC(=O)c1c(C)coc1CC(=O)O. The number of hydrogen-bond donors (Lipinski definition) is 2. The zero-order chi connectivity index (χ0) is 13.7. The topological polar surface area (TPSA) is 79.5 Å². The summed E-state index contributed by atoms with van der Waals surface area (Å²) < 4.78 is 5.12. The molecule has 5 heteroatoms. The van der Waals surface area contributed by atoms with Crippen molar-refractivity contribution in [2.45, 2.75) is 33.6 Å². The number of furan rings is 1. The van der Waals surface area contributed by atoms with Crippen LogP contribution >= 0.6 is 0 Å². The van der Waals surface area contributed by atoms with Crippen LogP contribution in [-0.4, -0.2) is 23.5 Å². The van der Waals surface area contributed by atoms with Gasteiger partial charge in [0.15, 0.2) is 0 Å². The number of carboxylic acids is 1. The van der Waals surface area contributed by atoms with E-state index in [0.29, 0.717) is 23.6 Å². The third kappa shape index (κ3) is 3.61. The van der Waals surface area contributed by atoms with Crippen molar-refractivity contribution >= 4 is 11.9 Å². The van der Waals surface area contributed by atoms with E-state index >= 15 is 0 Å². The zero-order valence-corrected chi connectivity index (χ0v) is 10.9. The Bertz CT molecular complexity index is 436. The maximum Gasteiger partial charge on any atom is 0.311 e. The van der Waals surface area contributed by atoms with Gasteiger partial charge in [0, 0.05) is 12.1 Å². The molecular weight excluding hydrogens is 234 g/mol. The second-order valence-corrected chi connectivity index (χ2v) is 4.51. The molecule has 1 rings (SSSR count). The summed E-state index contributed by atoms with van der Waals surface area (Å²) in [5.74, 6) is -0.677.